The van der Waals surface area contributed by atoms with Crippen LogP contribution in [0.3, 0.4) is 0 Å². The van der Waals surface area contributed by atoms with Crippen LogP contribution in [-0.4, -0.2) is 18.5 Å². The molecular weight excluding hydrogens is 284 g/mol. The van der Waals surface area contributed by atoms with Crippen molar-refractivity contribution in [2.24, 2.45) is 0 Å². The van der Waals surface area contributed by atoms with Crippen LogP contribution in [0.4, 0.5) is 5.69 Å². The van der Waals surface area contributed by atoms with Crippen molar-refractivity contribution < 1.29 is 4.79 Å². The van der Waals surface area contributed by atoms with Crippen molar-refractivity contribution in [3.8, 4) is 0 Å². The third-order valence-corrected chi connectivity index (χ3v) is 4.49. The fourth-order valence-corrected chi connectivity index (χ4v) is 3.33. The Morgan fingerprint density at radius 1 is 1.13 bits per heavy atom. The summed E-state index contributed by atoms with van der Waals surface area (Å²) in [5, 5.41) is 6.65. The Hall–Kier alpha value is -2.13. The van der Waals surface area contributed by atoms with E-state index in [9.17, 15) is 4.79 Å². The number of hydrogen-bond acceptors (Lipinski definition) is 2. The molecule has 1 aliphatic rings. The SMILES string of the molecule is CC(=O)Nc1cccc2c1CC(NCCc1ccccc1)CC2. The fourth-order valence-electron chi connectivity index (χ4n) is 3.33. The lowest BCUT2D eigenvalue weighted by Gasteiger charge is -2.27. The van der Waals surface area contributed by atoms with Gasteiger partial charge < -0.3 is 10.6 Å². The van der Waals surface area contributed by atoms with Gasteiger partial charge in [-0.25, -0.2) is 0 Å². The van der Waals surface area contributed by atoms with Crippen LogP contribution < -0.4 is 10.6 Å². The van der Waals surface area contributed by atoms with Gasteiger partial charge in [0, 0.05) is 18.7 Å². The molecule has 1 unspecified atom stereocenters. The quantitative estimate of drug-likeness (QED) is 0.889. The lowest BCUT2D eigenvalue weighted by atomic mass is 9.87. The predicted octanol–water partition coefficient (Wildman–Crippen LogP) is 3.33. The van der Waals surface area contributed by atoms with Crippen LogP contribution in [-0.2, 0) is 24.1 Å². The van der Waals surface area contributed by atoms with E-state index in [0.29, 0.717) is 6.04 Å². The van der Waals surface area contributed by atoms with Crippen molar-refractivity contribution in [1.29, 1.82) is 0 Å². The number of hydrogen-bond donors (Lipinski definition) is 2. The largest absolute Gasteiger partial charge is 0.326 e. The Labute approximate surface area is 138 Å². The molecule has 0 heterocycles. The zero-order valence-electron chi connectivity index (χ0n) is 13.6. The first-order chi connectivity index (χ1) is 11.2. The molecule has 0 saturated carbocycles. The Morgan fingerprint density at radius 2 is 1.96 bits per heavy atom. The summed E-state index contributed by atoms with van der Waals surface area (Å²) >= 11 is 0. The minimum Gasteiger partial charge on any atom is -0.326 e. The maximum Gasteiger partial charge on any atom is 0.221 e. The number of anilines is 1. The highest BCUT2D eigenvalue weighted by molar-refractivity contribution is 5.89. The molecule has 0 saturated heterocycles. The third kappa shape index (κ3) is 4.20. The second-order valence-corrected chi connectivity index (χ2v) is 6.25. The van der Waals surface area contributed by atoms with Gasteiger partial charge in [-0.3, -0.25) is 4.79 Å². The fraction of sp³-hybridized carbons (Fsp3) is 0.350. The lowest BCUT2D eigenvalue weighted by molar-refractivity contribution is -0.114. The molecule has 1 amide bonds. The highest BCUT2D eigenvalue weighted by atomic mass is 16.1. The minimum atomic E-state index is -0.00226. The standard InChI is InChI=1S/C20H24N2O/c1-15(23)22-20-9-5-8-17-10-11-18(14-19(17)20)21-13-12-16-6-3-2-4-7-16/h2-9,18,21H,10-14H2,1H3,(H,22,23). The Balaban J connectivity index is 1.60. The lowest BCUT2D eigenvalue weighted by Crippen LogP contribution is -2.36. The van der Waals surface area contributed by atoms with Crippen molar-refractivity contribution in [1.82, 2.24) is 5.32 Å². The van der Waals surface area contributed by atoms with E-state index in [1.807, 2.05) is 12.1 Å². The third-order valence-electron chi connectivity index (χ3n) is 4.49. The number of aryl methyl sites for hydroxylation is 1. The number of carbonyl (C=O) groups is 1. The summed E-state index contributed by atoms with van der Waals surface area (Å²) in [5.41, 5.74) is 5.02. The molecule has 3 nitrogen and oxygen atoms in total. The van der Waals surface area contributed by atoms with E-state index in [2.05, 4.69) is 47.0 Å². The van der Waals surface area contributed by atoms with Gasteiger partial charge >= 0.3 is 0 Å². The highest BCUT2D eigenvalue weighted by Gasteiger charge is 2.20. The van der Waals surface area contributed by atoms with Crippen molar-refractivity contribution >= 4 is 11.6 Å². The highest BCUT2D eigenvalue weighted by Crippen LogP contribution is 2.28. The zero-order valence-corrected chi connectivity index (χ0v) is 13.6. The Kier molecular flexibility index (Phi) is 5.09. The normalized spacial score (nSPS) is 16.7. The van der Waals surface area contributed by atoms with E-state index in [4.69, 9.17) is 0 Å². The number of amides is 1. The molecule has 23 heavy (non-hydrogen) atoms. The first-order valence-corrected chi connectivity index (χ1v) is 8.38. The molecule has 3 rings (SSSR count). The first kappa shape index (κ1) is 15.8. The summed E-state index contributed by atoms with van der Waals surface area (Å²) in [6, 6.07) is 17.3. The summed E-state index contributed by atoms with van der Waals surface area (Å²) in [4.78, 5) is 11.4. The van der Waals surface area contributed by atoms with Crippen LogP contribution in [0, 0.1) is 0 Å². The average molecular weight is 308 g/mol. The van der Waals surface area contributed by atoms with Crippen LogP contribution in [0.5, 0.6) is 0 Å². The van der Waals surface area contributed by atoms with Gasteiger partial charge in [-0.1, -0.05) is 42.5 Å². The van der Waals surface area contributed by atoms with Gasteiger partial charge in [-0.15, -0.1) is 0 Å². The van der Waals surface area contributed by atoms with Crippen molar-refractivity contribution in [2.45, 2.75) is 38.6 Å². The summed E-state index contributed by atoms with van der Waals surface area (Å²) < 4.78 is 0. The monoisotopic (exact) mass is 308 g/mol. The summed E-state index contributed by atoms with van der Waals surface area (Å²) in [5.74, 6) is -0.00226. The number of rotatable bonds is 5. The first-order valence-electron chi connectivity index (χ1n) is 8.38. The molecule has 2 aromatic rings. The van der Waals surface area contributed by atoms with Gasteiger partial charge in [0.1, 0.15) is 0 Å². The predicted molar refractivity (Wildman–Crippen MR) is 94.7 cm³/mol. The van der Waals surface area contributed by atoms with Crippen LogP contribution >= 0.6 is 0 Å². The number of fused-ring (bicyclic) bond motifs is 1. The number of benzene rings is 2. The molecule has 1 aliphatic carbocycles. The van der Waals surface area contributed by atoms with Crippen molar-refractivity contribution in [3.63, 3.8) is 0 Å². The van der Waals surface area contributed by atoms with E-state index in [-0.39, 0.29) is 5.91 Å². The zero-order chi connectivity index (χ0) is 16.1. The molecule has 0 fully saturated rings. The molecule has 0 bridgehead atoms. The molecule has 2 aromatic carbocycles. The van der Waals surface area contributed by atoms with Crippen molar-refractivity contribution in [3.05, 3.63) is 65.2 Å². The van der Waals surface area contributed by atoms with Crippen LogP contribution in [0.2, 0.25) is 0 Å². The van der Waals surface area contributed by atoms with E-state index in [1.165, 1.54) is 16.7 Å². The van der Waals surface area contributed by atoms with E-state index in [1.54, 1.807) is 6.92 Å². The van der Waals surface area contributed by atoms with Gasteiger partial charge in [0.25, 0.3) is 0 Å². The Bertz CT molecular complexity index is 667. The second kappa shape index (κ2) is 7.42. The van der Waals surface area contributed by atoms with Crippen LogP contribution in [0.25, 0.3) is 0 Å². The van der Waals surface area contributed by atoms with Gasteiger partial charge in [-0.2, -0.15) is 0 Å². The van der Waals surface area contributed by atoms with Crippen LogP contribution in [0.1, 0.15) is 30.0 Å². The molecule has 0 radical (unpaired) electrons. The van der Waals surface area contributed by atoms with Crippen LogP contribution in [0.15, 0.2) is 48.5 Å². The summed E-state index contributed by atoms with van der Waals surface area (Å²) in [6.45, 7) is 2.56. The second-order valence-electron chi connectivity index (χ2n) is 6.25. The average Bonchev–Trinajstić information content (AvgIpc) is 2.56. The van der Waals surface area contributed by atoms with E-state index >= 15 is 0 Å². The molecule has 3 heteroatoms. The summed E-state index contributed by atoms with van der Waals surface area (Å²) in [6.07, 6.45) is 4.27. The van der Waals surface area contributed by atoms with E-state index in [0.717, 1.165) is 37.9 Å². The smallest absolute Gasteiger partial charge is 0.221 e. The maximum atomic E-state index is 11.4. The van der Waals surface area contributed by atoms with Gasteiger partial charge in [0.2, 0.25) is 5.91 Å². The minimum absolute atomic E-state index is 0.00226. The molecule has 0 spiro atoms. The molecule has 0 aliphatic heterocycles. The Morgan fingerprint density at radius 3 is 2.74 bits per heavy atom. The van der Waals surface area contributed by atoms with Gasteiger partial charge in [0.15, 0.2) is 0 Å². The maximum absolute atomic E-state index is 11.4. The molecule has 0 aromatic heterocycles. The van der Waals surface area contributed by atoms with Gasteiger partial charge in [-0.05, 0) is 55.0 Å². The topological polar surface area (TPSA) is 41.1 Å². The van der Waals surface area contributed by atoms with Crippen molar-refractivity contribution in [2.75, 3.05) is 11.9 Å². The van der Waals surface area contributed by atoms with E-state index < -0.39 is 0 Å². The molecular formula is C20H24N2O. The van der Waals surface area contributed by atoms with Gasteiger partial charge in [0.05, 0.1) is 0 Å². The molecule has 120 valence electrons. The molecule has 1 atom stereocenters. The molecule has 2 N–H and O–H groups in total. The summed E-state index contributed by atoms with van der Waals surface area (Å²) in [7, 11) is 0. The number of nitrogens with one attached hydrogen (secondary N) is 2. The number of carbonyl (C=O) groups excluding carboxylic acids is 1.